The summed E-state index contributed by atoms with van der Waals surface area (Å²) in [4.78, 5) is 2.51. The van der Waals surface area contributed by atoms with Crippen LogP contribution in [0.5, 0.6) is 0 Å². The maximum absolute atomic E-state index is 16.1. The molecule has 0 saturated heterocycles. The van der Waals surface area contributed by atoms with Gasteiger partial charge in [0.05, 0.1) is 6.07 Å². The Kier molecular flexibility index (Phi) is 10.1. The van der Waals surface area contributed by atoms with Gasteiger partial charge in [0.15, 0.2) is 0 Å². The lowest BCUT2D eigenvalue weighted by Crippen LogP contribution is -2.38. The van der Waals surface area contributed by atoms with Crippen LogP contribution in [0.1, 0.15) is 108 Å². The number of nitrogens with zero attached hydrogens (tertiary/aromatic N) is 2. The summed E-state index contributed by atoms with van der Waals surface area (Å²) in [6.45, 7) is 9.08. The molecule has 0 aromatic heterocycles. The van der Waals surface area contributed by atoms with Gasteiger partial charge in [0.25, 0.3) is 0 Å². The molecule has 2 saturated carbocycles. The normalized spacial score (nSPS) is 19.1. The van der Waals surface area contributed by atoms with Gasteiger partial charge in [-0.1, -0.05) is 48.5 Å². The number of rotatable bonds is 9. The number of nitriles is 1. The predicted octanol–water partition coefficient (Wildman–Crippen LogP) is 8.93. The smallest absolute Gasteiger partial charge is 0.136 e. The Hall–Kier alpha value is -2.25. The maximum Gasteiger partial charge on any atom is 0.136 e. The van der Waals surface area contributed by atoms with E-state index < -0.39 is 11.3 Å². The Balaban J connectivity index is 0.00000115. The van der Waals surface area contributed by atoms with Crippen LogP contribution in [-0.4, -0.2) is 17.0 Å². The van der Waals surface area contributed by atoms with Gasteiger partial charge < -0.3 is 0 Å². The Labute approximate surface area is 217 Å². The van der Waals surface area contributed by atoms with E-state index in [4.69, 9.17) is 5.26 Å². The van der Waals surface area contributed by atoms with Gasteiger partial charge >= 0.3 is 0 Å². The Bertz CT molecular complexity index is 943. The van der Waals surface area contributed by atoms with Crippen molar-refractivity contribution in [1.29, 1.82) is 5.26 Å². The van der Waals surface area contributed by atoms with Crippen LogP contribution < -0.4 is 0 Å². The monoisotopic (exact) mass is 494 g/mol. The van der Waals surface area contributed by atoms with Crippen molar-refractivity contribution in [2.75, 3.05) is 0 Å². The standard InChI is InChI=1S/C30H41F2N.C2H3N/c1-23(2)33(22-25-12-5-4-6-13-25)24(3)16-17-26-27(29(31)18-7-8-19-29)14-11-15-28(26)30(32)20-9-10-21-30;1-2-3/h4-6,11-15,23-24H,7-10,16-22H2,1-3H3;1H3. The average molecular weight is 495 g/mol. The molecule has 1 atom stereocenters. The fourth-order valence-electron chi connectivity index (χ4n) is 6.27. The third kappa shape index (κ3) is 6.74. The van der Waals surface area contributed by atoms with Crippen LogP contribution in [0.2, 0.25) is 0 Å². The zero-order valence-electron chi connectivity index (χ0n) is 22.7. The second-order valence-electron chi connectivity index (χ2n) is 11.0. The first-order chi connectivity index (χ1) is 17.2. The second-order valence-corrected chi connectivity index (χ2v) is 11.0. The molecule has 0 heterocycles. The Morgan fingerprint density at radius 2 is 1.31 bits per heavy atom. The van der Waals surface area contributed by atoms with Crippen LogP contribution in [-0.2, 0) is 24.3 Å². The molecule has 0 N–H and O–H groups in total. The number of hydrogen-bond acceptors (Lipinski definition) is 2. The minimum atomic E-state index is -1.29. The van der Waals surface area contributed by atoms with Crippen molar-refractivity contribution in [3.8, 4) is 6.07 Å². The zero-order chi connectivity index (χ0) is 26.2. The molecule has 0 radical (unpaired) electrons. The molecule has 2 nitrogen and oxygen atoms in total. The van der Waals surface area contributed by atoms with Crippen LogP contribution in [0.3, 0.4) is 0 Å². The highest BCUT2D eigenvalue weighted by Gasteiger charge is 2.42. The summed E-state index contributed by atoms with van der Waals surface area (Å²) in [5.41, 5.74) is 1.28. The van der Waals surface area contributed by atoms with Gasteiger partial charge in [0.1, 0.15) is 11.3 Å². The van der Waals surface area contributed by atoms with E-state index in [2.05, 4.69) is 56.0 Å². The molecule has 4 rings (SSSR count). The van der Waals surface area contributed by atoms with Crippen LogP contribution in [0.15, 0.2) is 48.5 Å². The molecule has 0 amide bonds. The molecule has 4 heteroatoms. The highest BCUT2D eigenvalue weighted by atomic mass is 19.1. The third-order valence-corrected chi connectivity index (χ3v) is 8.18. The predicted molar refractivity (Wildman–Crippen MR) is 145 cm³/mol. The molecular weight excluding hydrogens is 450 g/mol. The van der Waals surface area contributed by atoms with E-state index in [9.17, 15) is 0 Å². The van der Waals surface area contributed by atoms with E-state index >= 15 is 8.78 Å². The molecular formula is C32H44F2N2. The minimum absolute atomic E-state index is 0.324. The van der Waals surface area contributed by atoms with E-state index in [1.807, 2.05) is 18.2 Å². The van der Waals surface area contributed by atoms with Gasteiger partial charge in [-0.05, 0) is 107 Å². The summed E-state index contributed by atoms with van der Waals surface area (Å²) < 4.78 is 32.1. The van der Waals surface area contributed by atoms with Crippen molar-refractivity contribution in [3.05, 3.63) is 70.8 Å². The Morgan fingerprint density at radius 1 is 0.833 bits per heavy atom. The summed E-state index contributed by atoms with van der Waals surface area (Å²) in [6.07, 6.45) is 7.64. The van der Waals surface area contributed by atoms with Crippen LogP contribution in [0.25, 0.3) is 0 Å². The van der Waals surface area contributed by atoms with Gasteiger partial charge in [0, 0.05) is 25.6 Å². The first-order valence-corrected chi connectivity index (χ1v) is 13.9. The van der Waals surface area contributed by atoms with E-state index in [0.717, 1.165) is 61.8 Å². The molecule has 196 valence electrons. The average Bonchev–Trinajstić information content (AvgIpc) is 3.51. The summed E-state index contributed by atoms with van der Waals surface area (Å²) in [6, 6.07) is 18.9. The Morgan fingerprint density at radius 3 is 1.75 bits per heavy atom. The SMILES string of the molecule is CC#N.CC(C)N(Cc1ccccc1)C(C)CCc1c(C2(F)CCCC2)cccc1C1(F)CCCC1. The maximum atomic E-state index is 16.1. The van der Waals surface area contributed by atoms with Crippen LogP contribution in [0.4, 0.5) is 8.78 Å². The summed E-state index contributed by atoms with van der Waals surface area (Å²) >= 11 is 0. The second kappa shape index (κ2) is 12.8. The highest BCUT2D eigenvalue weighted by Crippen LogP contribution is 2.49. The topological polar surface area (TPSA) is 27.0 Å². The van der Waals surface area contributed by atoms with E-state index in [0.29, 0.717) is 37.8 Å². The van der Waals surface area contributed by atoms with Gasteiger partial charge in [-0.2, -0.15) is 5.26 Å². The van der Waals surface area contributed by atoms with E-state index in [-0.39, 0.29) is 0 Å². The lowest BCUT2D eigenvalue weighted by Gasteiger charge is -2.34. The first kappa shape index (κ1) is 28.3. The summed E-state index contributed by atoms with van der Waals surface area (Å²) in [5, 5.41) is 7.32. The molecule has 0 aliphatic heterocycles. The van der Waals surface area contributed by atoms with Crippen molar-refractivity contribution in [2.45, 2.75) is 122 Å². The molecule has 0 bridgehead atoms. The molecule has 2 aliphatic carbocycles. The molecule has 36 heavy (non-hydrogen) atoms. The minimum Gasteiger partial charge on any atom is -0.294 e. The van der Waals surface area contributed by atoms with E-state index in [1.54, 1.807) is 6.07 Å². The fraction of sp³-hybridized carbons (Fsp3) is 0.594. The van der Waals surface area contributed by atoms with E-state index in [1.165, 1.54) is 12.5 Å². The van der Waals surface area contributed by atoms with Gasteiger partial charge in [-0.3, -0.25) is 4.90 Å². The summed E-state index contributed by atoms with van der Waals surface area (Å²) in [7, 11) is 0. The lowest BCUT2D eigenvalue weighted by atomic mass is 9.80. The zero-order valence-corrected chi connectivity index (χ0v) is 22.7. The molecule has 2 aromatic carbocycles. The van der Waals surface area contributed by atoms with Crippen molar-refractivity contribution >= 4 is 0 Å². The quantitative estimate of drug-likeness (QED) is 0.348. The molecule has 0 spiro atoms. The van der Waals surface area contributed by atoms with Gasteiger partial charge in [-0.25, -0.2) is 8.78 Å². The third-order valence-electron chi connectivity index (χ3n) is 8.18. The fourth-order valence-corrected chi connectivity index (χ4v) is 6.27. The largest absolute Gasteiger partial charge is 0.294 e. The summed E-state index contributed by atoms with van der Waals surface area (Å²) in [5.74, 6) is 0. The van der Waals surface area contributed by atoms with Crippen molar-refractivity contribution in [1.82, 2.24) is 4.90 Å². The van der Waals surface area contributed by atoms with Crippen molar-refractivity contribution in [2.24, 2.45) is 0 Å². The number of alkyl halides is 2. The molecule has 2 aromatic rings. The van der Waals surface area contributed by atoms with Gasteiger partial charge in [0.2, 0.25) is 0 Å². The molecule has 1 unspecified atom stereocenters. The first-order valence-electron chi connectivity index (χ1n) is 13.9. The van der Waals surface area contributed by atoms with Crippen molar-refractivity contribution < 1.29 is 8.78 Å². The molecule has 2 fully saturated rings. The van der Waals surface area contributed by atoms with Crippen LogP contribution in [0, 0.1) is 11.3 Å². The highest BCUT2D eigenvalue weighted by molar-refractivity contribution is 5.43. The number of halogens is 2. The van der Waals surface area contributed by atoms with Crippen LogP contribution >= 0.6 is 0 Å². The number of benzene rings is 2. The number of hydrogen-bond donors (Lipinski definition) is 0. The molecule has 2 aliphatic rings. The lowest BCUT2D eigenvalue weighted by molar-refractivity contribution is 0.144. The van der Waals surface area contributed by atoms with Crippen molar-refractivity contribution in [3.63, 3.8) is 0 Å². The van der Waals surface area contributed by atoms with Gasteiger partial charge in [-0.15, -0.1) is 0 Å².